The highest BCUT2D eigenvalue weighted by Gasteiger charge is 2.03. The summed E-state index contributed by atoms with van der Waals surface area (Å²) in [5.74, 6) is 0. The summed E-state index contributed by atoms with van der Waals surface area (Å²) >= 11 is 1.43. The summed E-state index contributed by atoms with van der Waals surface area (Å²) in [4.78, 5) is 4.92. The van der Waals surface area contributed by atoms with Crippen molar-refractivity contribution in [2.45, 2.75) is 6.92 Å². The van der Waals surface area contributed by atoms with Gasteiger partial charge in [-0.2, -0.15) is 4.37 Å². The first-order chi connectivity index (χ1) is 4.79. The van der Waals surface area contributed by atoms with Crippen LogP contribution in [0.4, 0.5) is 5.69 Å². The van der Waals surface area contributed by atoms with Gasteiger partial charge in [0.25, 0.3) is 0 Å². The molecule has 2 nitrogen and oxygen atoms in total. The van der Waals surface area contributed by atoms with Gasteiger partial charge in [-0.1, -0.05) is 6.58 Å². The summed E-state index contributed by atoms with van der Waals surface area (Å²) in [5.41, 5.74) is 1.69. The molecular weight excluding hydrogens is 144 g/mol. The lowest BCUT2D eigenvalue weighted by Crippen LogP contribution is -1.67. The molecule has 0 radical (unpaired) electrons. The Hall–Kier alpha value is -0.960. The maximum absolute atomic E-state index is 4.09. The Morgan fingerprint density at radius 3 is 2.80 bits per heavy atom. The molecular formula is C7H8N2S. The van der Waals surface area contributed by atoms with Gasteiger partial charge < -0.3 is 0 Å². The van der Waals surface area contributed by atoms with Crippen molar-refractivity contribution in [1.82, 2.24) is 4.37 Å². The van der Waals surface area contributed by atoms with Gasteiger partial charge in [0.05, 0.1) is 0 Å². The van der Waals surface area contributed by atoms with Gasteiger partial charge in [0.1, 0.15) is 11.4 Å². The van der Waals surface area contributed by atoms with E-state index >= 15 is 0 Å². The van der Waals surface area contributed by atoms with Crippen LogP contribution in [-0.4, -0.2) is 11.1 Å². The third-order valence-corrected chi connectivity index (χ3v) is 1.96. The van der Waals surface area contributed by atoms with Crippen LogP contribution in [0.1, 0.15) is 10.6 Å². The summed E-state index contributed by atoms with van der Waals surface area (Å²) in [6.07, 6.45) is 1.69. The van der Waals surface area contributed by atoms with E-state index < -0.39 is 0 Å². The number of hydrogen-bond acceptors (Lipinski definition) is 3. The molecule has 0 amide bonds. The molecule has 3 heteroatoms. The molecule has 0 N–H and O–H groups in total. The molecule has 10 heavy (non-hydrogen) atoms. The number of aliphatic imine (C=N–C) groups is 1. The zero-order valence-corrected chi connectivity index (χ0v) is 6.61. The predicted octanol–water partition coefficient (Wildman–Crippen LogP) is 2.43. The molecule has 52 valence electrons. The molecule has 0 spiro atoms. The highest BCUT2D eigenvalue weighted by molar-refractivity contribution is 7.06. The van der Waals surface area contributed by atoms with Gasteiger partial charge in [-0.05, 0) is 31.2 Å². The van der Waals surface area contributed by atoms with E-state index in [1.54, 1.807) is 6.08 Å². The van der Waals surface area contributed by atoms with E-state index in [0.717, 1.165) is 16.3 Å². The molecule has 0 unspecified atom stereocenters. The minimum atomic E-state index is 0.831. The van der Waals surface area contributed by atoms with Crippen molar-refractivity contribution in [2.75, 3.05) is 0 Å². The highest BCUT2D eigenvalue weighted by Crippen LogP contribution is 2.26. The Morgan fingerprint density at radius 2 is 2.40 bits per heavy atom. The molecule has 0 atom stereocenters. The number of aromatic nitrogens is 1. The number of aryl methyl sites for hydroxylation is 1. The number of hydrogen-bond donors (Lipinski definition) is 0. The van der Waals surface area contributed by atoms with Crippen LogP contribution < -0.4 is 0 Å². The minimum absolute atomic E-state index is 0.831. The largest absolute Gasteiger partial charge is 0.261 e. The quantitative estimate of drug-likeness (QED) is 0.597. The fraction of sp³-hybridized carbons (Fsp3) is 0.143. The van der Waals surface area contributed by atoms with Crippen LogP contribution in [0.2, 0.25) is 0 Å². The highest BCUT2D eigenvalue weighted by atomic mass is 32.1. The standard InChI is InChI=1S/C7H8N2S/c1-4-6-7(8-3)5(2)10-9-6/h4H,1,3H2,2H3. The SMILES string of the molecule is C=Cc1nsc(C)c1N=C. The molecule has 0 aromatic carbocycles. The Bertz CT molecular complexity index is 263. The van der Waals surface area contributed by atoms with Gasteiger partial charge in [-0.15, -0.1) is 0 Å². The molecule has 1 rings (SSSR count). The van der Waals surface area contributed by atoms with Crippen molar-refractivity contribution in [2.24, 2.45) is 4.99 Å². The molecule has 1 aromatic rings. The second kappa shape index (κ2) is 2.75. The Kier molecular flexibility index (Phi) is 1.97. The van der Waals surface area contributed by atoms with Crippen LogP contribution in [0, 0.1) is 6.92 Å². The van der Waals surface area contributed by atoms with Crippen LogP contribution in [-0.2, 0) is 0 Å². The third kappa shape index (κ3) is 0.998. The van der Waals surface area contributed by atoms with E-state index in [2.05, 4.69) is 22.7 Å². The van der Waals surface area contributed by atoms with Gasteiger partial charge in [0.2, 0.25) is 0 Å². The fourth-order valence-electron chi connectivity index (χ4n) is 0.711. The van der Waals surface area contributed by atoms with Crippen molar-refractivity contribution in [3.63, 3.8) is 0 Å². The van der Waals surface area contributed by atoms with Crippen LogP contribution in [0.3, 0.4) is 0 Å². The van der Waals surface area contributed by atoms with Crippen LogP contribution in [0.25, 0.3) is 6.08 Å². The molecule has 0 aliphatic heterocycles. The second-order valence-electron chi connectivity index (χ2n) is 1.83. The number of nitrogens with zero attached hydrogens (tertiary/aromatic N) is 2. The molecule has 0 saturated carbocycles. The lowest BCUT2D eigenvalue weighted by molar-refractivity contribution is 1.44. The van der Waals surface area contributed by atoms with Crippen molar-refractivity contribution in [3.8, 4) is 0 Å². The summed E-state index contributed by atoms with van der Waals surface area (Å²) in [6.45, 7) is 9.02. The monoisotopic (exact) mass is 152 g/mol. The zero-order valence-electron chi connectivity index (χ0n) is 5.79. The van der Waals surface area contributed by atoms with Crippen molar-refractivity contribution < 1.29 is 0 Å². The molecule has 1 aromatic heterocycles. The van der Waals surface area contributed by atoms with Crippen LogP contribution >= 0.6 is 11.5 Å². The summed E-state index contributed by atoms with van der Waals surface area (Å²) < 4.78 is 4.09. The first-order valence-corrected chi connectivity index (χ1v) is 3.62. The lowest BCUT2D eigenvalue weighted by Gasteiger charge is -1.87. The van der Waals surface area contributed by atoms with E-state index in [4.69, 9.17) is 0 Å². The van der Waals surface area contributed by atoms with E-state index in [1.165, 1.54) is 11.5 Å². The smallest absolute Gasteiger partial charge is 0.103 e. The van der Waals surface area contributed by atoms with Crippen molar-refractivity contribution >= 4 is 30.0 Å². The van der Waals surface area contributed by atoms with E-state index in [1.807, 2.05) is 6.92 Å². The summed E-state index contributed by atoms with van der Waals surface area (Å²) in [7, 11) is 0. The van der Waals surface area contributed by atoms with Gasteiger partial charge in [-0.3, -0.25) is 4.99 Å². The topological polar surface area (TPSA) is 25.2 Å². The summed E-state index contributed by atoms with van der Waals surface area (Å²) in [6, 6.07) is 0. The predicted molar refractivity (Wildman–Crippen MR) is 46.2 cm³/mol. The van der Waals surface area contributed by atoms with E-state index in [9.17, 15) is 0 Å². The van der Waals surface area contributed by atoms with E-state index in [0.29, 0.717) is 0 Å². The molecule has 0 aliphatic rings. The zero-order chi connectivity index (χ0) is 7.56. The van der Waals surface area contributed by atoms with Crippen LogP contribution in [0.15, 0.2) is 11.6 Å². The average molecular weight is 152 g/mol. The molecule has 0 fully saturated rings. The maximum Gasteiger partial charge on any atom is 0.103 e. The van der Waals surface area contributed by atoms with Gasteiger partial charge in [0.15, 0.2) is 0 Å². The number of rotatable bonds is 2. The Morgan fingerprint density at radius 1 is 1.70 bits per heavy atom. The minimum Gasteiger partial charge on any atom is -0.261 e. The van der Waals surface area contributed by atoms with Gasteiger partial charge in [-0.25, -0.2) is 0 Å². The van der Waals surface area contributed by atoms with Crippen molar-refractivity contribution in [3.05, 3.63) is 17.2 Å². The molecule has 1 heterocycles. The summed E-state index contributed by atoms with van der Waals surface area (Å²) in [5, 5.41) is 0. The van der Waals surface area contributed by atoms with E-state index in [-0.39, 0.29) is 0 Å². The fourth-order valence-corrected chi connectivity index (χ4v) is 1.36. The van der Waals surface area contributed by atoms with Crippen molar-refractivity contribution in [1.29, 1.82) is 0 Å². The molecule has 0 saturated heterocycles. The Labute approximate surface area is 64.1 Å². The maximum atomic E-state index is 4.09. The van der Waals surface area contributed by atoms with Gasteiger partial charge in [0, 0.05) is 4.88 Å². The normalized spacial score (nSPS) is 9.30. The molecule has 0 bridgehead atoms. The van der Waals surface area contributed by atoms with Crippen LogP contribution in [0.5, 0.6) is 0 Å². The molecule has 0 aliphatic carbocycles. The Balaban J connectivity index is 3.25. The first-order valence-electron chi connectivity index (χ1n) is 2.85. The second-order valence-corrected chi connectivity index (χ2v) is 2.81. The average Bonchev–Trinajstić information content (AvgIpc) is 2.30. The first kappa shape index (κ1) is 7.15. The van der Waals surface area contributed by atoms with Gasteiger partial charge >= 0.3 is 0 Å². The lowest BCUT2D eigenvalue weighted by atomic mass is 10.3. The third-order valence-electron chi connectivity index (χ3n) is 1.21.